The van der Waals surface area contributed by atoms with Crippen LogP contribution in [0.5, 0.6) is 0 Å². The van der Waals surface area contributed by atoms with Crippen LogP contribution in [-0.4, -0.2) is 23.9 Å². The molecule has 3 N–H and O–H groups in total. The van der Waals surface area contributed by atoms with Gasteiger partial charge in [0.1, 0.15) is 0 Å². The van der Waals surface area contributed by atoms with Gasteiger partial charge in [0, 0.05) is 25.2 Å². The van der Waals surface area contributed by atoms with Crippen molar-refractivity contribution in [3.8, 4) is 0 Å². The maximum atomic E-state index is 12.3. The molecule has 3 unspecified atom stereocenters. The standard InChI is InChI=1S/C18H25N3O2.ClH/c1-12(22)20-15-8-6-13(7-9-15)11-19-18(23)17-10-14-4-2-3-5-16(14)21-17;/h6-9,14,16-17,21H,2-5,10-11H2,1H3,(H,19,23)(H,20,22);1H. The molecular formula is C18H26ClN3O2. The highest BCUT2D eigenvalue weighted by atomic mass is 35.5. The Labute approximate surface area is 149 Å². The smallest absolute Gasteiger partial charge is 0.237 e. The van der Waals surface area contributed by atoms with Crippen molar-refractivity contribution in [3.63, 3.8) is 0 Å². The Morgan fingerprint density at radius 3 is 2.54 bits per heavy atom. The molecule has 1 aromatic carbocycles. The summed E-state index contributed by atoms with van der Waals surface area (Å²) in [6.45, 7) is 2.01. The van der Waals surface area contributed by atoms with Gasteiger partial charge in [0.2, 0.25) is 11.8 Å². The summed E-state index contributed by atoms with van der Waals surface area (Å²) in [4.78, 5) is 23.3. The molecule has 2 amide bonds. The Bertz CT molecular complexity index is 562. The quantitative estimate of drug-likeness (QED) is 0.781. The van der Waals surface area contributed by atoms with Crippen LogP contribution >= 0.6 is 12.4 Å². The van der Waals surface area contributed by atoms with Crippen LogP contribution in [0.2, 0.25) is 0 Å². The second-order valence-corrected chi connectivity index (χ2v) is 6.70. The molecule has 0 aromatic heterocycles. The maximum Gasteiger partial charge on any atom is 0.237 e. The van der Waals surface area contributed by atoms with E-state index in [0.29, 0.717) is 18.5 Å². The summed E-state index contributed by atoms with van der Waals surface area (Å²) in [5.41, 5.74) is 1.80. The zero-order valence-electron chi connectivity index (χ0n) is 14.0. The number of rotatable bonds is 4. The van der Waals surface area contributed by atoms with Crippen molar-refractivity contribution >= 4 is 29.9 Å². The number of fused-ring (bicyclic) bond motifs is 1. The Balaban J connectivity index is 0.00000208. The third-order valence-corrected chi connectivity index (χ3v) is 4.92. The summed E-state index contributed by atoms with van der Waals surface area (Å²) < 4.78 is 0. The van der Waals surface area contributed by atoms with Crippen LogP contribution in [0.4, 0.5) is 5.69 Å². The van der Waals surface area contributed by atoms with Gasteiger partial charge in [-0.15, -0.1) is 12.4 Å². The molecule has 0 spiro atoms. The fraction of sp³-hybridized carbons (Fsp3) is 0.556. The van der Waals surface area contributed by atoms with Gasteiger partial charge < -0.3 is 16.0 Å². The van der Waals surface area contributed by atoms with E-state index in [9.17, 15) is 9.59 Å². The SMILES string of the molecule is CC(=O)Nc1ccc(CNC(=O)C2CC3CCCCC3N2)cc1.Cl. The Hall–Kier alpha value is -1.59. The second kappa shape index (κ2) is 8.49. The molecule has 3 rings (SSSR count). The summed E-state index contributed by atoms with van der Waals surface area (Å²) >= 11 is 0. The van der Waals surface area contributed by atoms with Crippen molar-refractivity contribution in [2.75, 3.05) is 5.32 Å². The highest BCUT2D eigenvalue weighted by molar-refractivity contribution is 5.88. The molecule has 1 heterocycles. The van der Waals surface area contributed by atoms with Crippen LogP contribution in [-0.2, 0) is 16.1 Å². The molecule has 0 radical (unpaired) electrons. The van der Waals surface area contributed by atoms with E-state index in [0.717, 1.165) is 17.7 Å². The normalized spacial score (nSPS) is 25.3. The van der Waals surface area contributed by atoms with Crippen LogP contribution in [0.25, 0.3) is 0 Å². The van der Waals surface area contributed by atoms with Crippen molar-refractivity contribution in [1.29, 1.82) is 0 Å². The fourth-order valence-electron chi connectivity index (χ4n) is 3.74. The number of carbonyl (C=O) groups excluding carboxylic acids is 2. The van der Waals surface area contributed by atoms with Crippen LogP contribution in [0.15, 0.2) is 24.3 Å². The minimum absolute atomic E-state index is 0. The number of amides is 2. The average molecular weight is 352 g/mol. The van der Waals surface area contributed by atoms with Crippen LogP contribution in [0.3, 0.4) is 0 Å². The van der Waals surface area contributed by atoms with Crippen molar-refractivity contribution < 1.29 is 9.59 Å². The Morgan fingerprint density at radius 2 is 1.88 bits per heavy atom. The van der Waals surface area contributed by atoms with Crippen molar-refractivity contribution in [3.05, 3.63) is 29.8 Å². The third-order valence-electron chi connectivity index (χ3n) is 4.92. The first kappa shape index (κ1) is 18.7. The molecule has 3 atom stereocenters. The summed E-state index contributed by atoms with van der Waals surface area (Å²) in [6, 6.07) is 8.05. The summed E-state index contributed by atoms with van der Waals surface area (Å²) in [7, 11) is 0. The molecule has 1 saturated heterocycles. The largest absolute Gasteiger partial charge is 0.351 e. The first-order valence-corrected chi connectivity index (χ1v) is 8.52. The number of hydrogen-bond donors (Lipinski definition) is 3. The number of benzene rings is 1. The number of anilines is 1. The van der Waals surface area contributed by atoms with Gasteiger partial charge in [0.15, 0.2) is 0 Å². The predicted octanol–water partition coefficient (Wildman–Crippen LogP) is 2.60. The van der Waals surface area contributed by atoms with Crippen LogP contribution in [0.1, 0.15) is 44.6 Å². The van der Waals surface area contributed by atoms with Gasteiger partial charge in [-0.3, -0.25) is 9.59 Å². The molecule has 6 heteroatoms. The van der Waals surface area contributed by atoms with Crippen LogP contribution < -0.4 is 16.0 Å². The highest BCUT2D eigenvalue weighted by Gasteiger charge is 2.37. The van der Waals surface area contributed by atoms with E-state index in [4.69, 9.17) is 0 Å². The summed E-state index contributed by atoms with van der Waals surface area (Å²) in [5, 5.41) is 9.26. The lowest BCUT2D eigenvalue weighted by Crippen LogP contribution is -2.42. The minimum Gasteiger partial charge on any atom is -0.351 e. The molecule has 1 saturated carbocycles. The molecule has 5 nitrogen and oxygen atoms in total. The third kappa shape index (κ3) is 4.71. The van der Waals surface area contributed by atoms with Gasteiger partial charge in [0.05, 0.1) is 6.04 Å². The van der Waals surface area contributed by atoms with E-state index in [2.05, 4.69) is 16.0 Å². The lowest BCUT2D eigenvalue weighted by molar-refractivity contribution is -0.123. The Kier molecular flexibility index (Phi) is 6.63. The number of halogens is 1. The van der Waals surface area contributed by atoms with Crippen molar-refractivity contribution in [1.82, 2.24) is 10.6 Å². The zero-order valence-corrected chi connectivity index (χ0v) is 14.8. The van der Waals surface area contributed by atoms with Crippen molar-refractivity contribution in [2.24, 2.45) is 5.92 Å². The van der Waals surface area contributed by atoms with Gasteiger partial charge in [-0.2, -0.15) is 0 Å². The molecule has 1 aromatic rings. The summed E-state index contributed by atoms with van der Waals surface area (Å²) in [5.74, 6) is 0.696. The molecular weight excluding hydrogens is 326 g/mol. The molecule has 24 heavy (non-hydrogen) atoms. The minimum atomic E-state index is -0.0835. The first-order chi connectivity index (χ1) is 11.1. The average Bonchev–Trinajstić information content (AvgIpc) is 2.97. The topological polar surface area (TPSA) is 70.2 Å². The van der Waals surface area contributed by atoms with E-state index in [1.165, 1.54) is 32.6 Å². The highest BCUT2D eigenvalue weighted by Crippen LogP contribution is 2.33. The molecule has 1 aliphatic heterocycles. The second-order valence-electron chi connectivity index (χ2n) is 6.70. The monoisotopic (exact) mass is 351 g/mol. The lowest BCUT2D eigenvalue weighted by Gasteiger charge is -2.24. The van der Waals surface area contributed by atoms with E-state index in [-0.39, 0.29) is 30.3 Å². The predicted molar refractivity (Wildman–Crippen MR) is 97.1 cm³/mol. The summed E-state index contributed by atoms with van der Waals surface area (Å²) in [6.07, 6.45) is 6.02. The van der Waals surface area contributed by atoms with E-state index < -0.39 is 0 Å². The van der Waals surface area contributed by atoms with Crippen molar-refractivity contribution in [2.45, 2.75) is 57.7 Å². The molecule has 1 aliphatic carbocycles. The number of carbonyl (C=O) groups is 2. The van der Waals surface area contributed by atoms with Gasteiger partial charge in [0.25, 0.3) is 0 Å². The lowest BCUT2D eigenvalue weighted by atomic mass is 9.85. The van der Waals surface area contributed by atoms with Crippen LogP contribution in [0, 0.1) is 5.92 Å². The first-order valence-electron chi connectivity index (χ1n) is 8.52. The van der Waals surface area contributed by atoms with Gasteiger partial charge in [-0.25, -0.2) is 0 Å². The zero-order chi connectivity index (χ0) is 16.2. The molecule has 0 bridgehead atoms. The van der Waals surface area contributed by atoms with E-state index in [1.54, 1.807) is 0 Å². The van der Waals surface area contributed by atoms with E-state index in [1.807, 2.05) is 24.3 Å². The van der Waals surface area contributed by atoms with E-state index >= 15 is 0 Å². The molecule has 2 fully saturated rings. The van der Waals surface area contributed by atoms with Gasteiger partial charge in [-0.1, -0.05) is 25.0 Å². The van der Waals surface area contributed by atoms with Gasteiger partial charge in [-0.05, 0) is 42.9 Å². The number of hydrogen-bond acceptors (Lipinski definition) is 3. The molecule has 132 valence electrons. The maximum absolute atomic E-state index is 12.3. The fourth-order valence-corrected chi connectivity index (χ4v) is 3.74. The number of nitrogens with one attached hydrogen (secondary N) is 3. The Morgan fingerprint density at radius 1 is 1.17 bits per heavy atom. The molecule has 2 aliphatic rings. The van der Waals surface area contributed by atoms with Gasteiger partial charge >= 0.3 is 0 Å².